The standard InChI is InChI=1S/C15H24N2O/c1-3-15(18)13-7-4-5-8-14(13)17-10-6-9-16(2)11-12-17/h4-5,7-8,15,18H,3,6,9-12H2,1-2H3/t15-/m1/s1. The Hall–Kier alpha value is -1.06. The van der Waals surface area contributed by atoms with Gasteiger partial charge in [-0.3, -0.25) is 0 Å². The molecule has 18 heavy (non-hydrogen) atoms. The fraction of sp³-hybridized carbons (Fsp3) is 0.600. The van der Waals surface area contributed by atoms with Gasteiger partial charge in [-0.2, -0.15) is 0 Å². The second-order valence-corrected chi connectivity index (χ2v) is 5.13. The van der Waals surface area contributed by atoms with Crippen molar-refractivity contribution >= 4 is 5.69 Å². The summed E-state index contributed by atoms with van der Waals surface area (Å²) in [5.74, 6) is 0. The molecular formula is C15H24N2O. The maximum atomic E-state index is 10.1. The highest BCUT2D eigenvalue weighted by atomic mass is 16.3. The van der Waals surface area contributed by atoms with Gasteiger partial charge in [0, 0.05) is 30.9 Å². The fourth-order valence-corrected chi connectivity index (χ4v) is 2.56. The number of hydrogen-bond donors (Lipinski definition) is 1. The zero-order chi connectivity index (χ0) is 13.0. The van der Waals surface area contributed by atoms with Crippen molar-refractivity contribution in [2.75, 3.05) is 38.1 Å². The molecule has 3 heteroatoms. The highest BCUT2D eigenvalue weighted by Crippen LogP contribution is 2.28. The summed E-state index contributed by atoms with van der Waals surface area (Å²) in [6, 6.07) is 8.27. The molecule has 0 saturated carbocycles. The smallest absolute Gasteiger partial charge is 0.0807 e. The quantitative estimate of drug-likeness (QED) is 0.889. The van der Waals surface area contributed by atoms with E-state index in [4.69, 9.17) is 0 Å². The summed E-state index contributed by atoms with van der Waals surface area (Å²) in [7, 11) is 2.18. The molecule has 3 nitrogen and oxygen atoms in total. The van der Waals surface area contributed by atoms with Gasteiger partial charge in [0.25, 0.3) is 0 Å². The van der Waals surface area contributed by atoms with E-state index in [9.17, 15) is 5.11 Å². The largest absolute Gasteiger partial charge is 0.388 e. The first-order valence-corrected chi connectivity index (χ1v) is 6.93. The van der Waals surface area contributed by atoms with Crippen molar-refractivity contribution in [2.24, 2.45) is 0 Å². The maximum absolute atomic E-state index is 10.1. The topological polar surface area (TPSA) is 26.7 Å². The van der Waals surface area contributed by atoms with Gasteiger partial charge in [-0.15, -0.1) is 0 Å². The van der Waals surface area contributed by atoms with Crippen molar-refractivity contribution in [2.45, 2.75) is 25.9 Å². The molecule has 1 N–H and O–H groups in total. The lowest BCUT2D eigenvalue weighted by Crippen LogP contribution is -2.29. The van der Waals surface area contributed by atoms with Crippen molar-refractivity contribution < 1.29 is 5.11 Å². The minimum absolute atomic E-state index is 0.345. The Morgan fingerprint density at radius 1 is 1.17 bits per heavy atom. The van der Waals surface area contributed by atoms with Gasteiger partial charge >= 0.3 is 0 Å². The van der Waals surface area contributed by atoms with E-state index in [1.807, 2.05) is 13.0 Å². The number of likely N-dealkylation sites (N-methyl/N-ethyl adjacent to an activating group) is 1. The zero-order valence-electron chi connectivity index (χ0n) is 11.5. The molecule has 1 aromatic rings. The fourth-order valence-electron chi connectivity index (χ4n) is 2.56. The van der Waals surface area contributed by atoms with E-state index in [0.29, 0.717) is 0 Å². The second kappa shape index (κ2) is 6.21. The monoisotopic (exact) mass is 248 g/mol. The van der Waals surface area contributed by atoms with E-state index in [2.05, 4.69) is 35.0 Å². The lowest BCUT2D eigenvalue weighted by molar-refractivity contribution is 0.174. The van der Waals surface area contributed by atoms with Crippen molar-refractivity contribution in [3.8, 4) is 0 Å². The van der Waals surface area contributed by atoms with Crippen LogP contribution in [0.5, 0.6) is 0 Å². The van der Waals surface area contributed by atoms with E-state index >= 15 is 0 Å². The Bertz CT molecular complexity index is 381. The summed E-state index contributed by atoms with van der Waals surface area (Å²) >= 11 is 0. The number of benzene rings is 1. The van der Waals surface area contributed by atoms with Crippen molar-refractivity contribution in [3.05, 3.63) is 29.8 Å². The van der Waals surface area contributed by atoms with Crippen LogP contribution in [0.15, 0.2) is 24.3 Å². The summed E-state index contributed by atoms with van der Waals surface area (Å²) in [6.45, 7) is 6.41. The summed E-state index contributed by atoms with van der Waals surface area (Å²) in [5.41, 5.74) is 2.28. The summed E-state index contributed by atoms with van der Waals surface area (Å²) in [4.78, 5) is 4.79. The van der Waals surface area contributed by atoms with E-state index in [1.165, 1.54) is 12.1 Å². The van der Waals surface area contributed by atoms with Crippen LogP contribution in [0.4, 0.5) is 5.69 Å². The van der Waals surface area contributed by atoms with Crippen molar-refractivity contribution in [1.82, 2.24) is 4.90 Å². The third-order valence-corrected chi connectivity index (χ3v) is 3.74. The second-order valence-electron chi connectivity index (χ2n) is 5.13. The van der Waals surface area contributed by atoms with Crippen LogP contribution in [-0.2, 0) is 0 Å². The van der Waals surface area contributed by atoms with Crippen LogP contribution in [0.2, 0.25) is 0 Å². The lowest BCUT2D eigenvalue weighted by atomic mass is 10.0. The van der Waals surface area contributed by atoms with Crippen LogP contribution in [0.3, 0.4) is 0 Å². The molecular weight excluding hydrogens is 224 g/mol. The minimum atomic E-state index is -0.345. The predicted molar refractivity (Wildman–Crippen MR) is 76.0 cm³/mol. The van der Waals surface area contributed by atoms with Crippen molar-refractivity contribution in [3.63, 3.8) is 0 Å². The third kappa shape index (κ3) is 3.03. The Morgan fingerprint density at radius 3 is 2.72 bits per heavy atom. The van der Waals surface area contributed by atoms with Gasteiger partial charge < -0.3 is 14.9 Å². The highest BCUT2D eigenvalue weighted by Gasteiger charge is 2.17. The maximum Gasteiger partial charge on any atom is 0.0807 e. The van der Waals surface area contributed by atoms with Gasteiger partial charge in [0.05, 0.1) is 6.10 Å². The number of nitrogens with zero attached hydrogens (tertiary/aromatic N) is 2. The Morgan fingerprint density at radius 2 is 1.94 bits per heavy atom. The molecule has 1 atom stereocenters. The first kappa shape index (κ1) is 13.4. The molecule has 0 radical (unpaired) electrons. The minimum Gasteiger partial charge on any atom is -0.388 e. The Balaban J connectivity index is 2.21. The lowest BCUT2D eigenvalue weighted by Gasteiger charge is -2.27. The molecule has 1 heterocycles. The molecule has 2 rings (SSSR count). The Labute approximate surface area is 110 Å². The number of anilines is 1. The van der Waals surface area contributed by atoms with Crippen LogP contribution in [0.25, 0.3) is 0 Å². The van der Waals surface area contributed by atoms with Gasteiger partial charge in [0.2, 0.25) is 0 Å². The molecule has 0 bridgehead atoms. The first-order chi connectivity index (χ1) is 8.72. The highest BCUT2D eigenvalue weighted by molar-refractivity contribution is 5.54. The summed E-state index contributed by atoms with van der Waals surface area (Å²) in [6.07, 6.45) is 1.61. The number of hydrogen-bond acceptors (Lipinski definition) is 3. The number of aliphatic hydroxyl groups is 1. The normalized spacial score (nSPS) is 19.6. The first-order valence-electron chi connectivity index (χ1n) is 6.93. The average Bonchev–Trinajstić information content (AvgIpc) is 2.62. The van der Waals surface area contributed by atoms with E-state index in [1.54, 1.807) is 0 Å². The molecule has 1 saturated heterocycles. The molecule has 0 spiro atoms. The summed E-state index contributed by atoms with van der Waals surface area (Å²) < 4.78 is 0. The number of aliphatic hydroxyl groups excluding tert-OH is 1. The van der Waals surface area contributed by atoms with E-state index in [-0.39, 0.29) is 6.10 Å². The van der Waals surface area contributed by atoms with Crippen molar-refractivity contribution in [1.29, 1.82) is 0 Å². The molecule has 0 amide bonds. The number of rotatable bonds is 3. The van der Waals surface area contributed by atoms with Crippen LogP contribution < -0.4 is 4.90 Å². The van der Waals surface area contributed by atoms with E-state index in [0.717, 1.165) is 38.2 Å². The molecule has 0 aromatic heterocycles. The number of para-hydroxylation sites is 1. The zero-order valence-corrected chi connectivity index (χ0v) is 11.5. The average molecular weight is 248 g/mol. The SMILES string of the molecule is CC[C@@H](O)c1ccccc1N1CCCN(C)CC1. The van der Waals surface area contributed by atoms with E-state index < -0.39 is 0 Å². The van der Waals surface area contributed by atoms with Crippen LogP contribution in [-0.4, -0.2) is 43.2 Å². The molecule has 1 aromatic carbocycles. The molecule has 1 aliphatic heterocycles. The van der Waals surface area contributed by atoms with Crippen LogP contribution in [0, 0.1) is 0 Å². The van der Waals surface area contributed by atoms with Gasteiger partial charge in [-0.05, 0) is 32.5 Å². The van der Waals surface area contributed by atoms with Gasteiger partial charge in [0.1, 0.15) is 0 Å². The molecule has 1 aliphatic rings. The van der Waals surface area contributed by atoms with Gasteiger partial charge in [0.15, 0.2) is 0 Å². The predicted octanol–water partition coefficient (Wildman–Crippen LogP) is 2.27. The van der Waals surface area contributed by atoms with Gasteiger partial charge in [-0.1, -0.05) is 25.1 Å². The molecule has 1 fully saturated rings. The summed E-state index contributed by atoms with van der Waals surface area (Å²) in [5, 5.41) is 10.1. The molecule has 0 unspecified atom stereocenters. The van der Waals surface area contributed by atoms with Crippen LogP contribution >= 0.6 is 0 Å². The van der Waals surface area contributed by atoms with Crippen LogP contribution in [0.1, 0.15) is 31.4 Å². The molecule has 100 valence electrons. The third-order valence-electron chi connectivity index (χ3n) is 3.74. The molecule has 0 aliphatic carbocycles. The van der Waals surface area contributed by atoms with Gasteiger partial charge in [-0.25, -0.2) is 0 Å². The Kier molecular flexibility index (Phi) is 4.61.